The predicted molar refractivity (Wildman–Crippen MR) is 149 cm³/mol. The number of likely N-dealkylation sites (tertiary alicyclic amines) is 1. The summed E-state index contributed by atoms with van der Waals surface area (Å²) in [4.78, 5) is 45.4. The second-order valence-corrected chi connectivity index (χ2v) is 12.7. The summed E-state index contributed by atoms with van der Waals surface area (Å²) in [6, 6.07) is 9.13. The van der Waals surface area contributed by atoms with E-state index < -0.39 is 27.4 Å². The van der Waals surface area contributed by atoms with Gasteiger partial charge in [-0.2, -0.15) is 0 Å². The molecule has 5 atom stereocenters. The normalized spacial score (nSPS) is 29.3. The van der Waals surface area contributed by atoms with Crippen LogP contribution in [0.25, 0.3) is 0 Å². The molecular formula is C30H40N2O5S. The van der Waals surface area contributed by atoms with Gasteiger partial charge in [-0.3, -0.25) is 14.4 Å². The summed E-state index contributed by atoms with van der Waals surface area (Å²) in [6.45, 7) is 11.1. The lowest BCUT2D eigenvalue weighted by Gasteiger charge is -2.37. The summed E-state index contributed by atoms with van der Waals surface area (Å²) in [7, 11) is 0. The van der Waals surface area contributed by atoms with Crippen LogP contribution in [0.5, 0.6) is 0 Å². The number of carbonyl (C=O) groups excluding carboxylic acids is 3. The van der Waals surface area contributed by atoms with Gasteiger partial charge in [0.25, 0.3) is 0 Å². The van der Waals surface area contributed by atoms with Crippen molar-refractivity contribution < 1.29 is 24.2 Å². The van der Waals surface area contributed by atoms with Crippen molar-refractivity contribution in [3.8, 4) is 0 Å². The molecule has 3 fully saturated rings. The molecule has 0 aliphatic carbocycles. The van der Waals surface area contributed by atoms with Crippen molar-refractivity contribution in [3.05, 3.63) is 61.2 Å². The van der Waals surface area contributed by atoms with E-state index in [2.05, 4.69) is 20.1 Å². The number of aliphatic hydroxyl groups is 1. The molecule has 206 valence electrons. The van der Waals surface area contributed by atoms with Gasteiger partial charge in [0.1, 0.15) is 6.04 Å². The quantitative estimate of drug-likeness (QED) is 0.218. The number of nitrogens with zero attached hydrogens (tertiary/aromatic N) is 2. The summed E-state index contributed by atoms with van der Waals surface area (Å²) >= 11 is 1.65. The molecule has 0 aromatic heterocycles. The average Bonchev–Trinajstić information content (AvgIpc) is 3.47. The van der Waals surface area contributed by atoms with Crippen LogP contribution in [-0.2, 0) is 25.7 Å². The van der Waals surface area contributed by atoms with Gasteiger partial charge in [-0.15, -0.1) is 24.9 Å². The number of fused-ring (bicyclic) bond motifs is 1. The van der Waals surface area contributed by atoms with Crippen molar-refractivity contribution in [1.82, 2.24) is 9.80 Å². The third kappa shape index (κ3) is 5.17. The fraction of sp³-hybridized carbons (Fsp3) is 0.567. The Morgan fingerprint density at radius 2 is 1.95 bits per heavy atom. The topological polar surface area (TPSA) is 87.1 Å². The second kappa shape index (κ2) is 12.1. The first-order chi connectivity index (χ1) is 18.3. The standard InChI is InChI=1S/C30H40N2O5S/c1-4-6-12-20-37-28(36)24-23-26(34)32(18-10-11-19-33)25(30(23)16-15-29(24,3)38-30)27(35)31(17-5-2)21-22-13-8-7-9-14-22/h4-5,7-9,13-14,23-25,33H,1-2,6,10-12,15-21H2,3H3/t23-,24-,25?,29+,30?/m0/s1. The molecule has 3 aliphatic heterocycles. The number of hydrogen-bond acceptors (Lipinski definition) is 6. The molecule has 0 radical (unpaired) electrons. The Bertz CT molecular complexity index is 1050. The molecule has 3 saturated heterocycles. The second-order valence-electron chi connectivity index (χ2n) is 10.8. The summed E-state index contributed by atoms with van der Waals surface area (Å²) in [5, 5.41) is 9.38. The Balaban J connectivity index is 1.67. The number of ether oxygens (including phenoxy) is 1. The Kier molecular flexibility index (Phi) is 9.04. The van der Waals surface area contributed by atoms with E-state index >= 15 is 0 Å². The number of unbranched alkanes of at least 4 members (excludes halogenated alkanes) is 2. The maximum absolute atomic E-state index is 14.4. The fourth-order valence-electron chi connectivity index (χ4n) is 6.55. The molecule has 3 aliphatic rings. The van der Waals surface area contributed by atoms with E-state index in [1.165, 1.54) is 0 Å². The summed E-state index contributed by atoms with van der Waals surface area (Å²) in [5.41, 5.74) is 1.00. The molecule has 3 heterocycles. The van der Waals surface area contributed by atoms with Gasteiger partial charge in [-0.25, -0.2) is 0 Å². The van der Waals surface area contributed by atoms with Crippen molar-refractivity contribution in [2.75, 3.05) is 26.3 Å². The number of amides is 2. The van der Waals surface area contributed by atoms with E-state index in [-0.39, 0.29) is 24.4 Å². The monoisotopic (exact) mass is 540 g/mol. The van der Waals surface area contributed by atoms with E-state index in [1.54, 1.807) is 33.7 Å². The van der Waals surface area contributed by atoms with Crippen LogP contribution in [0.4, 0.5) is 0 Å². The lowest BCUT2D eigenvalue weighted by molar-refractivity contribution is -0.155. The van der Waals surface area contributed by atoms with Crippen LogP contribution in [0.2, 0.25) is 0 Å². The average molecular weight is 541 g/mol. The number of allylic oxidation sites excluding steroid dienone is 1. The SMILES string of the molecule is C=CCCCOC(=O)[C@@H]1[C@H]2C(=O)N(CCCCO)C(C(=O)N(CC=C)Cc3ccccc3)C23CC[C@@]1(C)S3. The fourth-order valence-corrected chi connectivity index (χ4v) is 8.89. The third-order valence-corrected chi connectivity index (χ3v) is 10.2. The van der Waals surface area contributed by atoms with E-state index in [0.29, 0.717) is 51.9 Å². The van der Waals surface area contributed by atoms with E-state index in [0.717, 1.165) is 18.4 Å². The highest BCUT2D eigenvalue weighted by Gasteiger charge is 2.77. The Hall–Kier alpha value is -2.58. The van der Waals surface area contributed by atoms with Crippen LogP contribution in [0, 0.1) is 11.8 Å². The summed E-state index contributed by atoms with van der Waals surface area (Å²) in [6.07, 6.45) is 7.55. The van der Waals surface area contributed by atoms with Crippen LogP contribution < -0.4 is 0 Å². The number of aliphatic hydroxyl groups excluding tert-OH is 1. The van der Waals surface area contributed by atoms with Crippen molar-refractivity contribution in [1.29, 1.82) is 0 Å². The predicted octanol–water partition coefficient (Wildman–Crippen LogP) is 3.96. The zero-order valence-electron chi connectivity index (χ0n) is 22.3. The lowest BCUT2D eigenvalue weighted by Crippen LogP contribution is -2.54. The highest BCUT2D eigenvalue weighted by molar-refractivity contribution is 8.02. The molecule has 2 bridgehead atoms. The molecule has 2 unspecified atom stereocenters. The molecule has 4 rings (SSSR count). The Morgan fingerprint density at radius 3 is 2.63 bits per heavy atom. The summed E-state index contributed by atoms with van der Waals surface area (Å²) < 4.78 is 4.55. The van der Waals surface area contributed by atoms with Gasteiger partial charge in [-0.05, 0) is 51.0 Å². The number of thioether (sulfide) groups is 1. The van der Waals surface area contributed by atoms with E-state index in [4.69, 9.17) is 4.74 Å². The number of carbonyl (C=O) groups is 3. The van der Waals surface area contributed by atoms with Crippen LogP contribution in [0.15, 0.2) is 55.6 Å². The van der Waals surface area contributed by atoms with Gasteiger partial charge in [0, 0.05) is 31.0 Å². The minimum atomic E-state index is -0.678. The van der Waals surface area contributed by atoms with Gasteiger partial charge in [0.15, 0.2) is 0 Å². The highest BCUT2D eigenvalue weighted by atomic mass is 32.2. The zero-order valence-corrected chi connectivity index (χ0v) is 23.2. The van der Waals surface area contributed by atoms with Gasteiger partial charge in [-0.1, -0.05) is 42.5 Å². The number of benzene rings is 1. The van der Waals surface area contributed by atoms with Crippen LogP contribution >= 0.6 is 11.8 Å². The smallest absolute Gasteiger partial charge is 0.311 e. The maximum Gasteiger partial charge on any atom is 0.311 e. The van der Waals surface area contributed by atoms with Crippen molar-refractivity contribution in [3.63, 3.8) is 0 Å². The van der Waals surface area contributed by atoms with Crippen molar-refractivity contribution >= 4 is 29.5 Å². The zero-order chi connectivity index (χ0) is 27.3. The molecule has 0 saturated carbocycles. The molecule has 1 N–H and O–H groups in total. The Morgan fingerprint density at radius 1 is 1.18 bits per heavy atom. The van der Waals surface area contributed by atoms with Gasteiger partial charge < -0.3 is 19.6 Å². The van der Waals surface area contributed by atoms with Gasteiger partial charge in [0.2, 0.25) is 11.8 Å². The molecule has 1 aromatic rings. The van der Waals surface area contributed by atoms with Crippen LogP contribution in [0.1, 0.15) is 51.0 Å². The molecule has 1 aromatic carbocycles. The third-order valence-electron chi connectivity index (χ3n) is 8.25. The van der Waals surface area contributed by atoms with Gasteiger partial charge in [0.05, 0.1) is 23.2 Å². The number of hydrogen-bond donors (Lipinski definition) is 1. The first kappa shape index (κ1) is 28.4. The van der Waals surface area contributed by atoms with Crippen molar-refractivity contribution in [2.45, 2.75) is 67.5 Å². The molecule has 8 heteroatoms. The molecule has 1 spiro atoms. The minimum Gasteiger partial charge on any atom is -0.465 e. The molecule has 38 heavy (non-hydrogen) atoms. The number of esters is 1. The first-order valence-corrected chi connectivity index (χ1v) is 14.5. The molecule has 7 nitrogen and oxygen atoms in total. The van der Waals surface area contributed by atoms with E-state index in [9.17, 15) is 19.5 Å². The maximum atomic E-state index is 14.4. The minimum absolute atomic E-state index is 0.0261. The molecule has 2 amide bonds. The largest absolute Gasteiger partial charge is 0.465 e. The van der Waals surface area contributed by atoms with E-state index in [1.807, 2.05) is 30.3 Å². The summed E-state index contributed by atoms with van der Waals surface area (Å²) in [5.74, 6) is -1.75. The number of rotatable bonds is 14. The Labute approximate surface area is 230 Å². The highest BCUT2D eigenvalue weighted by Crippen LogP contribution is 2.71. The van der Waals surface area contributed by atoms with Crippen molar-refractivity contribution in [2.24, 2.45) is 11.8 Å². The lowest BCUT2D eigenvalue weighted by atomic mass is 9.66. The van der Waals surface area contributed by atoms with Gasteiger partial charge >= 0.3 is 5.97 Å². The van der Waals surface area contributed by atoms with Crippen LogP contribution in [0.3, 0.4) is 0 Å². The molecular weight excluding hydrogens is 500 g/mol. The van der Waals surface area contributed by atoms with Crippen LogP contribution in [-0.4, -0.2) is 74.5 Å². The first-order valence-electron chi connectivity index (χ1n) is 13.7.